The number of hydrogen-bond donors (Lipinski definition) is 4. The predicted molar refractivity (Wildman–Crippen MR) is 144 cm³/mol. The lowest BCUT2D eigenvalue weighted by molar-refractivity contribution is -0.131. The van der Waals surface area contributed by atoms with Crippen molar-refractivity contribution in [1.82, 2.24) is 10.6 Å². The van der Waals surface area contributed by atoms with Crippen LogP contribution in [0.25, 0.3) is 10.8 Å². The molecule has 4 aromatic rings. The fourth-order valence-corrected chi connectivity index (χ4v) is 4.62. The quantitative estimate of drug-likeness (QED) is 0.234. The zero-order valence-corrected chi connectivity index (χ0v) is 21.2. The molecule has 4 N–H and O–H groups in total. The Hall–Kier alpha value is -3.65. The van der Waals surface area contributed by atoms with E-state index in [2.05, 4.69) is 23.6 Å². The Kier molecular flexibility index (Phi) is 9.18. The van der Waals surface area contributed by atoms with E-state index >= 15 is 0 Å². The minimum Gasteiger partial charge on any atom is -0.390 e. The molecule has 0 fully saturated rings. The molecule has 0 unspecified atom stereocenters. The highest BCUT2D eigenvalue weighted by Crippen LogP contribution is 2.25. The minimum absolute atomic E-state index is 0.0309. The maximum atomic E-state index is 13.8. The molecule has 0 spiro atoms. The van der Waals surface area contributed by atoms with E-state index in [0.717, 1.165) is 28.8 Å². The van der Waals surface area contributed by atoms with Gasteiger partial charge in [0.25, 0.3) is 5.91 Å². The van der Waals surface area contributed by atoms with Gasteiger partial charge in [0.2, 0.25) is 0 Å². The summed E-state index contributed by atoms with van der Waals surface area (Å²) in [5, 5.41) is 29.4. The van der Waals surface area contributed by atoms with Crippen LogP contribution in [0, 0.1) is 11.6 Å². The van der Waals surface area contributed by atoms with E-state index < -0.39 is 35.8 Å². The van der Waals surface area contributed by atoms with E-state index in [1.54, 1.807) is 12.1 Å². The predicted octanol–water partition coefficient (Wildman–Crippen LogP) is 4.59. The molecule has 1 amide bonds. The van der Waals surface area contributed by atoms with Crippen molar-refractivity contribution in [3.8, 4) is 0 Å². The van der Waals surface area contributed by atoms with Gasteiger partial charge in [-0.15, -0.1) is 0 Å². The molecule has 0 heterocycles. The first-order valence-electron chi connectivity index (χ1n) is 12.7. The van der Waals surface area contributed by atoms with Crippen molar-refractivity contribution in [3.63, 3.8) is 0 Å². The van der Waals surface area contributed by atoms with Gasteiger partial charge < -0.3 is 20.8 Å². The number of nitrogens with one attached hydrogen (secondary N) is 2. The molecule has 0 aliphatic carbocycles. The maximum absolute atomic E-state index is 13.8. The van der Waals surface area contributed by atoms with Crippen molar-refractivity contribution in [3.05, 3.63) is 119 Å². The number of hydrogen-bond acceptors (Lipinski definition) is 4. The summed E-state index contributed by atoms with van der Waals surface area (Å²) in [4.78, 5) is 13.2. The van der Waals surface area contributed by atoms with Crippen molar-refractivity contribution < 1.29 is 23.8 Å². The first-order valence-corrected chi connectivity index (χ1v) is 12.7. The standard InChI is InChI=1S/C31H32F2N2O3/c1-2-20-7-5-8-21(13-20)18-34-19-29(36)28(16-22-14-24(32)17-25(33)15-22)35-31(38)30(37)27-12-6-10-23-9-3-4-11-26(23)27/h3-15,17,28-30,34,36-37H,2,16,18-19H2,1H3,(H,35,38)/t28-,29-,30+/m0/s1. The molecule has 38 heavy (non-hydrogen) atoms. The van der Waals surface area contributed by atoms with Gasteiger partial charge in [-0.2, -0.15) is 0 Å². The first kappa shape index (κ1) is 27.4. The van der Waals surface area contributed by atoms with Gasteiger partial charge in [-0.3, -0.25) is 4.79 Å². The van der Waals surface area contributed by atoms with Crippen LogP contribution in [0.2, 0.25) is 0 Å². The molecule has 0 saturated heterocycles. The minimum atomic E-state index is -1.50. The first-order chi connectivity index (χ1) is 18.3. The lowest BCUT2D eigenvalue weighted by Crippen LogP contribution is -2.50. The topological polar surface area (TPSA) is 81.6 Å². The van der Waals surface area contributed by atoms with Crippen molar-refractivity contribution in [2.75, 3.05) is 6.54 Å². The SMILES string of the molecule is CCc1cccc(CNC[C@H](O)[C@H](Cc2cc(F)cc(F)c2)NC(=O)[C@H](O)c2cccc3ccccc23)c1. The van der Waals surface area contributed by atoms with Crippen LogP contribution in [-0.4, -0.2) is 34.8 Å². The van der Waals surface area contributed by atoms with E-state index in [-0.39, 0.29) is 18.5 Å². The number of amides is 1. The average Bonchev–Trinajstić information content (AvgIpc) is 2.91. The molecule has 0 radical (unpaired) electrons. The van der Waals surface area contributed by atoms with Gasteiger partial charge in [0, 0.05) is 19.2 Å². The van der Waals surface area contributed by atoms with Crippen LogP contribution in [0.15, 0.2) is 84.9 Å². The van der Waals surface area contributed by atoms with Crippen LogP contribution >= 0.6 is 0 Å². The van der Waals surface area contributed by atoms with Crippen LogP contribution in [0.4, 0.5) is 8.78 Å². The van der Waals surface area contributed by atoms with Crippen LogP contribution in [-0.2, 0) is 24.2 Å². The second-order valence-corrected chi connectivity index (χ2v) is 9.44. The smallest absolute Gasteiger partial charge is 0.253 e. The van der Waals surface area contributed by atoms with Crippen molar-refractivity contribution in [2.24, 2.45) is 0 Å². The monoisotopic (exact) mass is 518 g/mol. The van der Waals surface area contributed by atoms with E-state index in [0.29, 0.717) is 12.1 Å². The van der Waals surface area contributed by atoms with Crippen LogP contribution in [0.5, 0.6) is 0 Å². The van der Waals surface area contributed by atoms with Crippen LogP contribution in [0.1, 0.15) is 35.3 Å². The molecule has 0 aromatic heterocycles. The highest BCUT2D eigenvalue weighted by atomic mass is 19.1. The number of halogens is 2. The normalized spacial score (nSPS) is 13.7. The average molecular weight is 519 g/mol. The zero-order valence-electron chi connectivity index (χ0n) is 21.2. The van der Waals surface area contributed by atoms with Gasteiger partial charge in [0.1, 0.15) is 11.6 Å². The number of aliphatic hydroxyl groups is 2. The number of carbonyl (C=O) groups excluding carboxylic acids is 1. The Morgan fingerprint density at radius 2 is 1.53 bits per heavy atom. The summed E-state index contributed by atoms with van der Waals surface area (Å²) in [5.74, 6) is -2.20. The van der Waals surface area contributed by atoms with Gasteiger partial charge in [0.05, 0.1) is 12.1 Å². The van der Waals surface area contributed by atoms with Crippen LogP contribution in [0.3, 0.4) is 0 Å². The number of aliphatic hydroxyl groups excluding tert-OH is 2. The number of carbonyl (C=O) groups is 1. The van der Waals surface area contributed by atoms with Crippen molar-refractivity contribution >= 4 is 16.7 Å². The summed E-state index contributed by atoms with van der Waals surface area (Å²) in [6.07, 6.45) is -1.71. The summed E-state index contributed by atoms with van der Waals surface area (Å²) in [6, 6.07) is 23.0. The molecule has 3 atom stereocenters. The third-order valence-corrected chi connectivity index (χ3v) is 6.62. The van der Waals surface area contributed by atoms with E-state index in [4.69, 9.17) is 0 Å². The summed E-state index contributed by atoms with van der Waals surface area (Å²) in [5.41, 5.74) is 2.96. The Balaban J connectivity index is 1.50. The van der Waals surface area contributed by atoms with Gasteiger partial charge in [-0.1, -0.05) is 73.7 Å². The summed E-state index contributed by atoms with van der Waals surface area (Å²) in [7, 11) is 0. The molecule has 0 aliphatic rings. The molecule has 198 valence electrons. The maximum Gasteiger partial charge on any atom is 0.253 e. The summed E-state index contributed by atoms with van der Waals surface area (Å²) < 4.78 is 27.7. The lowest BCUT2D eigenvalue weighted by Gasteiger charge is -2.26. The molecule has 5 nitrogen and oxygen atoms in total. The molecular weight excluding hydrogens is 486 g/mol. The fourth-order valence-electron chi connectivity index (χ4n) is 4.62. The van der Waals surface area contributed by atoms with Crippen molar-refractivity contribution in [1.29, 1.82) is 0 Å². The third-order valence-electron chi connectivity index (χ3n) is 6.62. The van der Waals surface area contributed by atoms with Gasteiger partial charge >= 0.3 is 0 Å². The highest BCUT2D eigenvalue weighted by molar-refractivity contribution is 5.92. The number of benzene rings is 4. The van der Waals surface area contributed by atoms with Crippen molar-refractivity contribution in [2.45, 2.75) is 44.6 Å². The summed E-state index contributed by atoms with van der Waals surface area (Å²) >= 11 is 0. The Morgan fingerprint density at radius 3 is 2.29 bits per heavy atom. The molecule has 0 bridgehead atoms. The highest BCUT2D eigenvalue weighted by Gasteiger charge is 2.27. The van der Waals surface area contributed by atoms with Gasteiger partial charge in [-0.05, 0) is 58.0 Å². The van der Waals surface area contributed by atoms with Crippen LogP contribution < -0.4 is 10.6 Å². The second-order valence-electron chi connectivity index (χ2n) is 9.44. The number of rotatable bonds is 11. The Bertz CT molecular complexity index is 1370. The molecule has 7 heteroatoms. The molecule has 4 rings (SSSR count). The molecule has 0 aliphatic heterocycles. The largest absolute Gasteiger partial charge is 0.390 e. The number of fused-ring (bicyclic) bond motifs is 1. The Morgan fingerprint density at radius 1 is 0.842 bits per heavy atom. The Labute approximate surface area is 221 Å². The fraction of sp³-hybridized carbons (Fsp3) is 0.258. The van der Waals surface area contributed by atoms with E-state index in [9.17, 15) is 23.8 Å². The third kappa shape index (κ3) is 7.01. The lowest BCUT2D eigenvalue weighted by atomic mass is 9.97. The number of aryl methyl sites for hydroxylation is 1. The molecular formula is C31H32F2N2O3. The van der Waals surface area contributed by atoms with Gasteiger partial charge in [0.15, 0.2) is 6.10 Å². The second kappa shape index (κ2) is 12.7. The van der Waals surface area contributed by atoms with E-state index in [1.165, 1.54) is 17.7 Å². The van der Waals surface area contributed by atoms with Gasteiger partial charge in [-0.25, -0.2) is 8.78 Å². The molecule has 4 aromatic carbocycles. The molecule has 0 saturated carbocycles. The van der Waals surface area contributed by atoms with E-state index in [1.807, 2.05) is 48.5 Å². The zero-order chi connectivity index (χ0) is 27.1. The summed E-state index contributed by atoms with van der Waals surface area (Å²) in [6.45, 7) is 2.69.